The molecule has 0 fully saturated rings. The second kappa shape index (κ2) is 11.5. The lowest BCUT2D eigenvalue weighted by molar-refractivity contribution is 1.18. The number of hydrogen-bond acceptors (Lipinski definition) is 0. The maximum Gasteiger partial charge on any atom is 0.0547 e. The van der Waals surface area contributed by atoms with Crippen molar-refractivity contribution in [1.82, 2.24) is 9.13 Å². The van der Waals surface area contributed by atoms with E-state index in [-0.39, 0.29) is 0 Å². The molecule has 2 aromatic heterocycles. The number of aromatic nitrogens is 2. The SMILES string of the molecule is c1ccc(-c2cccc(-n3c4ccccc4c4ccc(-c5cccc6c5c5ccccc5n6-c5ccccc5)cc43)c2-c2ccccc2)cc1. The number of benzene rings is 8. The van der Waals surface area contributed by atoms with Crippen molar-refractivity contribution in [1.29, 1.82) is 0 Å². The van der Waals surface area contributed by atoms with Gasteiger partial charge in [0.1, 0.15) is 0 Å². The van der Waals surface area contributed by atoms with Crippen LogP contribution in [-0.4, -0.2) is 9.13 Å². The maximum atomic E-state index is 2.48. The summed E-state index contributed by atoms with van der Waals surface area (Å²) in [6.07, 6.45) is 0. The molecule has 10 aromatic rings. The van der Waals surface area contributed by atoms with Gasteiger partial charge in [-0.05, 0) is 70.3 Å². The van der Waals surface area contributed by atoms with E-state index < -0.39 is 0 Å². The molecule has 0 spiro atoms. The minimum atomic E-state index is 1.16. The van der Waals surface area contributed by atoms with E-state index in [0.717, 1.165) is 5.69 Å². The van der Waals surface area contributed by atoms with E-state index >= 15 is 0 Å². The largest absolute Gasteiger partial charge is 0.309 e. The van der Waals surface area contributed by atoms with Crippen LogP contribution in [0.25, 0.3) is 88.4 Å². The molecule has 0 bridgehead atoms. The number of rotatable bonds is 5. The van der Waals surface area contributed by atoms with Crippen molar-refractivity contribution in [2.45, 2.75) is 0 Å². The number of hydrogen-bond donors (Lipinski definition) is 0. The lowest BCUT2D eigenvalue weighted by atomic mass is 9.92. The molecule has 0 unspecified atom stereocenters. The van der Waals surface area contributed by atoms with Gasteiger partial charge in [0.05, 0.1) is 27.8 Å². The van der Waals surface area contributed by atoms with Crippen molar-refractivity contribution >= 4 is 43.6 Å². The number of para-hydroxylation sites is 3. The second-order valence-corrected chi connectivity index (χ2v) is 12.9. The lowest BCUT2D eigenvalue weighted by Gasteiger charge is -2.18. The number of nitrogens with zero attached hydrogens (tertiary/aromatic N) is 2. The summed E-state index contributed by atoms with van der Waals surface area (Å²) in [7, 11) is 0. The summed E-state index contributed by atoms with van der Waals surface area (Å²) in [5.74, 6) is 0. The fourth-order valence-electron chi connectivity index (χ4n) is 8.01. The molecule has 2 heterocycles. The van der Waals surface area contributed by atoms with Crippen LogP contribution in [0.2, 0.25) is 0 Å². The Morgan fingerprint density at radius 3 is 1.62 bits per heavy atom. The molecule has 0 radical (unpaired) electrons. The highest BCUT2D eigenvalue weighted by atomic mass is 15.0. The van der Waals surface area contributed by atoms with E-state index in [4.69, 9.17) is 0 Å². The standard InChI is InChI=1S/C48H32N2/c1-4-16-33(17-5-1)37-24-14-28-44(47(37)34-18-6-2-7-19-34)50-42-26-12-10-22-39(42)40-31-30-35(32-46(40)50)38-25-15-29-45-48(38)41-23-11-13-27-43(41)49(45)36-20-8-3-9-21-36/h1-32H. The molecule has 50 heavy (non-hydrogen) atoms. The Hall–Kier alpha value is -6.64. The molecule has 0 atom stereocenters. The normalized spacial score (nSPS) is 11.6. The highest BCUT2D eigenvalue weighted by Crippen LogP contribution is 2.43. The monoisotopic (exact) mass is 636 g/mol. The Bertz CT molecular complexity index is 2840. The van der Waals surface area contributed by atoms with E-state index in [2.05, 4.69) is 203 Å². The zero-order chi connectivity index (χ0) is 33.0. The Morgan fingerprint density at radius 2 is 0.860 bits per heavy atom. The van der Waals surface area contributed by atoms with Gasteiger partial charge in [0.25, 0.3) is 0 Å². The van der Waals surface area contributed by atoms with Crippen LogP contribution >= 0.6 is 0 Å². The maximum absolute atomic E-state index is 2.48. The quantitative estimate of drug-likeness (QED) is 0.178. The Labute approximate surface area is 290 Å². The topological polar surface area (TPSA) is 9.86 Å². The van der Waals surface area contributed by atoms with Crippen molar-refractivity contribution < 1.29 is 0 Å². The molecule has 0 saturated heterocycles. The van der Waals surface area contributed by atoms with Crippen LogP contribution in [0, 0.1) is 0 Å². The average Bonchev–Trinajstić information content (AvgIpc) is 3.71. The molecule has 0 aliphatic rings. The molecule has 2 heteroatoms. The fourth-order valence-corrected chi connectivity index (χ4v) is 8.01. The molecule has 0 N–H and O–H groups in total. The predicted octanol–water partition coefficient (Wildman–Crippen LogP) is 12.9. The molecule has 0 amide bonds. The van der Waals surface area contributed by atoms with Gasteiger partial charge in [-0.3, -0.25) is 0 Å². The molecule has 0 aliphatic carbocycles. The Kier molecular flexibility index (Phi) is 6.53. The van der Waals surface area contributed by atoms with Crippen LogP contribution in [0.1, 0.15) is 0 Å². The minimum Gasteiger partial charge on any atom is -0.309 e. The summed E-state index contributed by atoms with van der Waals surface area (Å²) in [5.41, 5.74) is 14.4. The average molecular weight is 637 g/mol. The van der Waals surface area contributed by atoms with Crippen LogP contribution in [0.5, 0.6) is 0 Å². The van der Waals surface area contributed by atoms with Gasteiger partial charge in [0.15, 0.2) is 0 Å². The minimum absolute atomic E-state index is 1.16. The van der Waals surface area contributed by atoms with Crippen molar-refractivity contribution in [2.75, 3.05) is 0 Å². The first kappa shape index (κ1) is 28.4. The molecular formula is C48H32N2. The smallest absolute Gasteiger partial charge is 0.0547 e. The van der Waals surface area contributed by atoms with Crippen LogP contribution in [0.15, 0.2) is 194 Å². The van der Waals surface area contributed by atoms with Gasteiger partial charge < -0.3 is 9.13 Å². The molecule has 234 valence electrons. The third-order valence-electron chi connectivity index (χ3n) is 10.1. The zero-order valence-electron chi connectivity index (χ0n) is 27.4. The van der Waals surface area contributed by atoms with E-state index in [0.29, 0.717) is 0 Å². The highest BCUT2D eigenvalue weighted by molar-refractivity contribution is 6.17. The molecular weight excluding hydrogens is 605 g/mol. The van der Waals surface area contributed by atoms with Crippen molar-refractivity contribution in [2.24, 2.45) is 0 Å². The summed E-state index contributed by atoms with van der Waals surface area (Å²) >= 11 is 0. The summed E-state index contributed by atoms with van der Waals surface area (Å²) in [4.78, 5) is 0. The molecule has 10 rings (SSSR count). The van der Waals surface area contributed by atoms with Crippen molar-refractivity contribution in [3.8, 4) is 44.8 Å². The predicted molar refractivity (Wildman–Crippen MR) is 211 cm³/mol. The van der Waals surface area contributed by atoms with Gasteiger partial charge in [0.2, 0.25) is 0 Å². The van der Waals surface area contributed by atoms with Crippen LogP contribution in [0.3, 0.4) is 0 Å². The second-order valence-electron chi connectivity index (χ2n) is 12.9. The van der Waals surface area contributed by atoms with Crippen molar-refractivity contribution in [3.05, 3.63) is 194 Å². The van der Waals surface area contributed by atoms with E-state index in [1.807, 2.05) is 0 Å². The van der Waals surface area contributed by atoms with Crippen LogP contribution in [-0.2, 0) is 0 Å². The summed E-state index contributed by atoms with van der Waals surface area (Å²) < 4.78 is 4.88. The van der Waals surface area contributed by atoms with Crippen molar-refractivity contribution in [3.63, 3.8) is 0 Å². The first-order chi connectivity index (χ1) is 24.8. The zero-order valence-corrected chi connectivity index (χ0v) is 27.4. The van der Waals surface area contributed by atoms with Crippen LogP contribution in [0.4, 0.5) is 0 Å². The lowest BCUT2D eigenvalue weighted by Crippen LogP contribution is -1.99. The van der Waals surface area contributed by atoms with E-state index in [1.165, 1.54) is 82.7 Å². The summed E-state index contributed by atoms with van der Waals surface area (Å²) in [6.45, 7) is 0. The molecule has 2 nitrogen and oxygen atoms in total. The fraction of sp³-hybridized carbons (Fsp3) is 0. The van der Waals surface area contributed by atoms with E-state index in [9.17, 15) is 0 Å². The molecule has 8 aromatic carbocycles. The third kappa shape index (κ3) is 4.36. The highest BCUT2D eigenvalue weighted by Gasteiger charge is 2.21. The van der Waals surface area contributed by atoms with Gasteiger partial charge in [-0.2, -0.15) is 0 Å². The van der Waals surface area contributed by atoms with E-state index in [1.54, 1.807) is 0 Å². The van der Waals surface area contributed by atoms with Crippen LogP contribution < -0.4 is 0 Å². The summed E-state index contributed by atoms with van der Waals surface area (Å²) in [6, 6.07) is 70.4. The Balaban J connectivity index is 1.28. The summed E-state index contributed by atoms with van der Waals surface area (Å²) in [5, 5.41) is 5.01. The molecule has 0 aliphatic heterocycles. The Morgan fingerprint density at radius 1 is 0.300 bits per heavy atom. The van der Waals surface area contributed by atoms with Gasteiger partial charge in [-0.25, -0.2) is 0 Å². The third-order valence-corrected chi connectivity index (χ3v) is 10.1. The van der Waals surface area contributed by atoms with Gasteiger partial charge in [0, 0.05) is 32.8 Å². The first-order valence-electron chi connectivity index (χ1n) is 17.2. The van der Waals surface area contributed by atoms with Gasteiger partial charge in [-0.15, -0.1) is 0 Å². The number of fused-ring (bicyclic) bond motifs is 6. The molecule has 0 saturated carbocycles. The first-order valence-corrected chi connectivity index (χ1v) is 17.2. The van der Waals surface area contributed by atoms with Gasteiger partial charge >= 0.3 is 0 Å². The van der Waals surface area contributed by atoms with Gasteiger partial charge in [-0.1, -0.05) is 152 Å².